The molecule has 1 atom stereocenters. The number of methoxy groups -OCH3 is 2. The molecule has 10 heteroatoms. The molecule has 0 radical (unpaired) electrons. The van der Waals surface area contributed by atoms with Crippen LogP contribution in [0, 0.1) is 10.1 Å². The summed E-state index contributed by atoms with van der Waals surface area (Å²) in [5, 5.41) is 11.7. The highest BCUT2D eigenvalue weighted by Crippen LogP contribution is 2.35. The fourth-order valence-corrected chi connectivity index (χ4v) is 4.77. The van der Waals surface area contributed by atoms with E-state index in [4.69, 9.17) is 9.47 Å². The molecule has 1 unspecified atom stereocenters. The van der Waals surface area contributed by atoms with Gasteiger partial charge in [0.25, 0.3) is 11.2 Å². The lowest BCUT2D eigenvalue weighted by molar-refractivity contribution is -0.385. The first-order valence-electron chi connectivity index (χ1n) is 9.84. The number of hydrogen-bond acceptors (Lipinski definition) is 8. The predicted octanol–water partition coefficient (Wildman–Crippen LogP) is 2.33. The molecule has 0 saturated carbocycles. The molecule has 33 heavy (non-hydrogen) atoms. The number of allylic oxidation sites excluding steroid dienone is 1. The molecule has 1 aliphatic heterocycles. The number of carbonyl (C=O) groups is 1. The van der Waals surface area contributed by atoms with Crippen molar-refractivity contribution in [1.82, 2.24) is 4.57 Å². The van der Waals surface area contributed by atoms with Crippen molar-refractivity contribution < 1.29 is 19.2 Å². The summed E-state index contributed by atoms with van der Waals surface area (Å²) >= 11 is 1.15. The van der Waals surface area contributed by atoms with E-state index in [1.54, 1.807) is 38.3 Å². The van der Waals surface area contributed by atoms with Crippen molar-refractivity contribution >= 4 is 29.1 Å². The average Bonchev–Trinajstić information content (AvgIpc) is 3.12. The summed E-state index contributed by atoms with van der Waals surface area (Å²) in [6.07, 6.45) is 1.71. The van der Waals surface area contributed by atoms with E-state index < -0.39 is 22.5 Å². The van der Waals surface area contributed by atoms with Gasteiger partial charge in [-0.1, -0.05) is 35.6 Å². The van der Waals surface area contributed by atoms with E-state index in [-0.39, 0.29) is 16.8 Å². The number of esters is 1. The zero-order valence-electron chi connectivity index (χ0n) is 18.0. The number of carbonyl (C=O) groups excluding carboxylic acids is 1. The molecule has 2 aromatic carbocycles. The second kappa shape index (κ2) is 8.83. The van der Waals surface area contributed by atoms with Crippen LogP contribution in [0.3, 0.4) is 0 Å². The van der Waals surface area contributed by atoms with Crippen molar-refractivity contribution in [3.8, 4) is 5.75 Å². The summed E-state index contributed by atoms with van der Waals surface area (Å²) in [7, 11) is 2.78. The highest BCUT2D eigenvalue weighted by molar-refractivity contribution is 7.07. The van der Waals surface area contributed by atoms with Gasteiger partial charge in [-0.15, -0.1) is 0 Å². The molecule has 2 heterocycles. The quantitative estimate of drug-likeness (QED) is 0.325. The summed E-state index contributed by atoms with van der Waals surface area (Å²) in [4.78, 5) is 42.2. The maximum Gasteiger partial charge on any atom is 0.338 e. The van der Waals surface area contributed by atoms with E-state index in [2.05, 4.69) is 4.99 Å². The minimum Gasteiger partial charge on any atom is -0.497 e. The molecule has 3 aromatic rings. The molecule has 4 rings (SSSR count). The maximum atomic E-state index is 13.5. The second-order valence-corrected chi connectivity index (χ2v) is 8.17. The molecule has 9 nitrogen and oxygen atoms in total. The Hall–Kier alpha value is -4.05. The number of hydrogen-bond donors (Lipinski definition) is 0. The number of nitro benzene ring substituents is 1. The predicted molar refractivity (Wildman–Crippen MR) is 122 cm³/mol. The van der Waals surface area contributed by atoms with Gasteiger partial charge in [-0.2, -0.15) is 0 Å². The molecule has 0 bridgehead atoms. The van der Waals surface area contributed by atoms with E-state index in [0.717, 1.165) is 16.9 Å². The van der Waals surface area contributed by atoms with Gasteiger partial charge in [0.15, 0.2) is 4.80 Å². The fraction of sp³-hybridized carbons (Fsp3) is 0.174. The van der Waals surface area contributed by atoms with E-state index in [9.17, 15) is 19.7 Å². The summed E-state index contributed by atoms with van der Waals surface area (Å²) in [6, 6.07) is 12.1. The highest BCUT2D eigenvalue weighted by atomic mass is 32.1. The number of nitrogens with zero attached hydrogens (tertiary/aromatic N) is 3. The molecule has 168 valence electrons. The summed E-state index contributed by atoms with van der Waals surface area (Å²) in [5.41, 5.74) is 0.772. The summed E-state index contributed by atoms with van der Waals surface area (Å²) in [6.45, 7) is 1.62. The first kappa shape index (κ1) is 22.2. The largest absolute Gasteiger partial charge is 0.497 e. The normalized spacial score (nSPS) is 15.6. The third kappa shape index (κ3) is 3.96. The van der Waals surface area contributed by atoms with Crippen molar-refractivity contribution in [3.05, 3.63) is 101 Å². The van der Waals surface area contributed by atoms with Crippen molar-refractivity contribution in [2.45, 2.75) is 13.0 Å². The highest BCUT2D eigenvalue weighted by Gasteiger charge is 2.36. The number of fused-ring (bicyclic) bond motifs is 1. The van der Waals surface area contributed by atoms with Gasteiger partial charge in [-0.05, 0) is 36.8 Å². The molecule has 0 saturated heterocycles. The number of nitro groups is 1. The Bertz CT molecular complexity index is 1470. The molecule has 1 aromatic heterocycles. The molecule has 0 aliphatic carbocycles. The fourth-order valence-electron chi connectivity index (χ4n) is 3.72. The van der Waals surface area contributed by atoms with Crippen LogP contribution in [0.25, 0.3) is 6.08 Å². The van der Waals surface area contributed by atoms with Crippen LogP contribution >= 0.6 is 11.3 Å². The third-order valence-corrected chi connectivity index (χ3v) is 6.25. The first-order chi connectivity index (χ1) is 15.8. The van der Waals surface area contributed by atoms with Gasteiger partial charge in [0, 0.05) is 6.07 Å². The van der Waals surface area contributed by atoms with Crippen molar-refractivity contribution in [2.24, 2.45) is 4.99 Å². The van der Waals surface area contributed by atoms with Gasteiger partial charge in [0.2, 0.25) is 0 Å². The molecule has 0 amide bonds. The average molecular weight is 465 g/mol. The van der Waals surface area contributed by atoms with E-state index in [1.165, 1.54) is 29.9 Å². The van der Waals surface area contributed by atoms with Crippen LogP contribution in [0.1, 0.15) is 24.1 Å². The van der Waals surface area contributed by atoms with Gasteiger partial charge >= 0.3 is 5.97 Å². The lowest BCUT2D eigenvalue weighted by atomic mass is 9.94. The van der Waals surface area contributed by atoms with Gasteiger partial charge in [0.1, 0.15) is 11.8 Å². The third-order valence-electron chi connectivity index (χ3n) is 5.27. The second-order valence-electron chi connectivity index (χ2n) is 7.16. The summed E-state index contributed by atoms with van der Waals surface area (Å²) < 4.78 is 11.8. The minimum atomic E-state index is -1.05. The monoisotopic (exact) mass is 465 g/mol. The summed E-state index contributed by atoms with van der Waals surface area (Å²) in [5.74, 6) is -0.0211. The number of ether oxygens (including phenoxy) is 2. The van der Waals surface area contributed by atoms with Gasteiger partial charge in [-0.3, -0.25) is 19.5 Å². The van der Waals surface area contributed by atoms with Crippen LogP contribution in [0.5, 0.6) is 5.75 Å². The van der Waals surface area contributed by atoms with E-state index in [1.807, 2.05) is 12.1 Å². The number of aromatic nitrogens is 1. The topological polar surface area (TPSA) is 113 Å². The van der Waals surface area contributed by atoms with E-state index >= 15 is 0 Å². The number of benzene rings is 2. The van der Waals surface area contributed by atoms with Crippen LogP contribution in [0.2, 0.25) is 0 Å². The molecule has 0 fully saturated rings. The van der Waals surface area contributed by atoms with Crippen LogP contribution in [0.15, 0.2) is 69.6 Å². The smallest absolute Gasteiger partial charge is 0.338 e. The van der Waals surface area contributed by atoms with Crippen LogP contribution in [-0.2, 0) is 9.53 Å². The number of thiazole rings is 1. The standard InChI is InChI=1S/C23H19N3O6S/c1-13-19(22(28)32-3)20(16-6-4-5-7-17(16)26(29)30)25-21(27)18(33-23(25)24-13)12-14-8-10-15(31-2)11-9-14/h4-12,20H,1-3H3/b18-12-. The van der Waals surface area contributed by atoms with Crippen LogP contribution in [-0.4, -0.2) is 29.7 Å². The Morgan fingerprint density at radius 1 is 1.18 bits per heavy atom. The van der Waals surface area contributed by atoms with Crippen LogP contribution in [0.4, 0.5) is 5.69 Å². The van der Waals surface area contributed by atoms with Crippen molar-refractivity contribution in [2.75, 3.05) is 14.2 Å². The number of rotatable bonds is 5. The molecular weight excluding hydrogens is 446 g/mol. The Kier molecular flexibility index (Phi) is 5.93. The maximum absolute atomic E-state index is 13.5. The molecular formula is C23H19N3O6S. The Labute approximate surface area is 191 Å². The Morgan fingerprint density at radius 3 is 2.52 bits per heavy atom. The Morgan fingerprint density at radius 2 is 1.88 bits per heavy atom. The lowest BCUT2D eigenvalue weighted by Gasteiger charge is -2.24. The first-order valence-corrected chi connectivity index (χ1v) is 10.7. The van der Waals surface area contributed by atoms with Crippen molar-refractivity contribution in [3.63, 3.8) is 0 Å². The molecule has 1 aliphatic rings. The van der Waals surface area contributed by atoms with Gasteiger partial charge in [-0.25, -0.2) is 9.79 Å². The molecule has 0 N–H and O–H groups in total. The zero-order valence-corrected chi connectivity index (χ0v) is 18.8. The SMILES string of the molecule is COC(=O)C1=C(C)N=c2s/c(=C\c3ccc(OC)cc3)c(=O)n2C1c1ccccc1[N+](=O)[O-]. The lowest BCUT2D eigenvalue weighted by Crippen LogP contribution is -2.40. The van der Waals surface area contributed by atoms with E-state index in [0.29, 0.717) is 20.8 Å². The molecule has 0 spiro atoms. The minimum absolute atomic E-state index is 0.0789. The van der Waals surface area contributed by atoms with Crippen molar-refractivity contribution in [1.29, 1.82) is 0 Å². The van der Waals surface area contributed by atoms with Crippen LogP contribution < -0.4 is 19.6 Å². The Balaban J connectivity index is 1.99. The zero-order chi connectivity index (χ0) is 23.7. The van der Waals surface area contributed by atoms with Gasteiger partial charge < -0.3 is 9.47 Å². The van der Waals surface area contributed by atoms with Gasteiger partial charge in [0.05, 0.1) is 40.5 Å². The number of para-hydroxylation sites is 1.